The first-order valence-electron chi connectivity index (χ1n) is 5.64. The van der Waals surface area contributed by atoms with Crippen molar-refractivity contribution in [2.75, 3.05) is 6.54 Å². The minimum Gasteiger partial charge on any atom is -0.480 e. The maximum Gasteiger partial charge on any atom is 0.408 e. The number of rotatable bonds is 2. The van der Waals surface area contributed by atoms with Gasteiger partial charge in [-0.05, 0) is 32.4 Å². The maximum atomic E-state index is 10.8. The molecule has 112 valence electrons. The molecule has 0 heterocycles. The van der Waals surface area contributed by atoms with Crippen LogP contribution in [0, 0.1) is 5.41 Å². The number of hydrogen-bond donors (Lipinski definition) is 2. The number of carboxylic acid groups (broad SMARTS) is 1. The largest absolute Gasteiger partial charge is 0.480 e. The summed E-state index contributed by atoms with van der Waals surface area (Å²) in [7, 11) is 0. The van der Waals surface area contributed by atoms with Crippen LogP contribution in [0.5, 0.6) is 0 Å². The lowest BCUT2D eigenvalue weighted by Gasteiger charge is -2.19. The highest BCUT2D eigenvalue weighted by Gasteiger charge is 2.17. The van der Waals surface area contributed by atoms with Gasteiger partial charge in [0.15, 0.2) is 0 Å². The predicted octanol–water partition coefficient (Wildman–Crippen LogP) is 2.39. The number of nitrogens with one attached hydrogen (secondary N) is 1. The normalized spacial score (nSPS) is 10.9. The Morgan fingerprint density at radius 1 is 1.11 bits per heavy atom. The number of carbonyl (C=O) groups is 3. The highest BCUT2D eigenvalue weighted by atomic mass is 35.5. The van der Waals surface area contributed by atoms with Crippen LogP contribution in [0.1, 0.15) is 41.5 Å². The standard InChI is InChI=1S/C7H13NO4.C5H9ClO/c1-7(2,3)12-6(11)8-4-5(9)10;1-5(2,3)4(6)7/h4H2,1-3H3,(H,8,11)(H,9,10);1-3H3. The molecule has 0 saturated heterocycles. The van der Waals surface area contributed by atoms with E-state index in [0.29, 0.717) is 0 Å². The second kappa shape index (κ2) is 7.99. The molecule has 0 radical (unpaired) electrons. The van der Waals surface area contributed by atoms with E-state index < -0.39 is 24.2 Å². The Hall–Kier alpha value is -1.30. The van der Waals surface area contributed by atoms with Gasteiger partial charge in [-0.1, -0.05) is 20.8 Å². The van der Waals surface area contributed by atoms with Crippen molar-refractivity contribution < 1.29 is 24.2 Å². The van der Waals surface area contributed by atoms with Gasteiger partial charge in [0.25, 0.3) is 0 Å². The molecule has 6 nitrogen and oxygen atoms in total. The first-order chi connectivity index (χ1) is 8.25. The van der Waals surface area contributed by atoms with Crippen LogP contribution in [0.3, 0.4) is 0 Å². The quantitative estimate of drug-likeness (QED) is 0.763. The Kier molecular flexibility index (Phi) is 8.42. The summed E-state index contributed by atoms with van der Waals surface area (Å²) in [6, 6.07) is 0. The van der Waals surface area contributed by atoms with Gasteiger partial charge in [0, 0.05) is 5.41 Å². The number of carboxylic acids is 1. The second-order valence-electron chi connectivity index (χ2n) is 5.77. The average Bonchev–Trinajstić information content (AvgIpc) is 2.11. The van der Waals surface area contributed by atoms with Crippen LogP contribution >= 0.6 is 11.6 Å². The number of amides is 1. The first kappa shape index (κ1) is 20.0. The van der Waals surface area contributed by atoms with Gasteiger partial charge in [0.1, 0.15) is 12.1 Å². The first-order valence-corrected chi connectivity index (χ1v) is 6.02. The van der Waals surface area contributed by atoms with Crippen LogP contribution in [0.2, 0.25) is 0 Å². The monoisotopic (exact) mass is 295 g/mol. The van der Waals surface area contributed by atoms with Crippen LogP contribution in [0.25, 0.3) is 0 Å². The molecule has 0 bridgehead atoms. The zero-order chi connectivity index (χ0) is 15.9. The molecule has 0 rings (SSSR count). The number of carbonyl (C=O) groups excluding carboxylic acids is 2. The summed E-state index contributed by atoms with van der Waals surface area (Å²) in [6.45, 7) is 10.0. The summed E-state index contributed by atoms with van der Waals surface area (Å²) >= 11 is 5.11. The van der Waals surface area contributed by atoms with Crippen molar-refractivity contribution in [1.82, 2.24) is 5.32 Å². The fourth-order valence-electron chi connectivity index (χ4n) is 0.462. The highest BCUT2D eigenvalue weighted by Crippen LogP contribution is 2.15. The van der Waals surface area contributed by atoms with E-state index in [4.69, 9.17) is 21.4 Å². The van der Waals surface area contributed by atoms with Crippen molar-refractivity contribution in [1.29, 1.82) is 0 Å². The number of ether oxygens (including phenoxy) is 1. The van der Waals surface area contributed by atoms with Crippen molar-refractivity contribution >= 4 is 28.9 Å². The Balaban J connectivity index is 0. The molecule has 0 aliphatic rings. The number of alkyl carbamates (subject to hydrolysis) is 1. The molecule has 0 aliphatic carbocycles. The molecule has 7 heteroatoms. The highest BCUT2D eigenvalue weighted by molar-refractivity contribution is 6.64. The summed E-state index contributed by atoms with van der Waals surface area (Å²) in [6.07, 6.45) is -0.718. The third-order valence-electron chi connectivity index (χ3n) is 1.37. The minimum atomic E-state index is -1.10. The van der Waals surface area contributed by atoms with Gasteiger partial charge in [-0.2, -0.15) is 0 Å². The summed E-state index contributed by atoms with van der Waals surface area (Å²) in [5.74, 6) is -1.10. The minimum absolute atomic E-state index is 0.285. The molecule has 0 spiro atoms. The number of halogens is 1. The second-order valence-corrected chi connectivity index (χ2v) is 6.12. The molecule has 0 aromatic carbocycles. The van der Waals surface area contributed by atoms with Gasteiger partial charge < -0.3 is 15.2 Å². The van der Waals surface area contributed by atoms with E-state index in [9.17, 15) is 14.4 Å². The topological polar surface area (TPSA) is 92.7 Å². The molecule has 0 fully saturated rings. The third kappa shape index (κ3) is 16.7. The van der Waals surface area contributed by atoms with Crippen molar-refractivity contribution in [3.63, 3.8) is 0 Å². The molecule has 0 aromatic rings. The van der Waals surface area contributed by atoms with Gasteiger partial charge in [-0.15, -0.1) is 0 Å². The van der Waals surface area contributed by atoms with Crippen LogP contribution in [0.15, 0.2) is 0 Å². The van der Waals surface area contributed by atoms with E-state index in [-0.39, 0.29) is 10.7 Å². The van der Waals surface area contributed by atoms with E-state index in [1.807, 2.05) is 0 Å². The number of hydrogen-bond acceptors (Lipinski definition) is 4. The SMILES string of the molecule is CC(C)(C)C(=O)Cl.CC(C)(C)OC(=O)NCC(=O)O. The van der Waals surface area contributed by atoms with Gasteiger partial charge in [0.2, 0.25) is 5.24 Å². The van der Waals surface area contributed by atoms with Crippen LogP contribution in [-0.4, -0.2) is 34.6 Å². The molecule has 0 aromatic heterocycles. The van der Waals surface area contributed by atoms with E-state index in [1.54, 1.807) is 41.5 Å². The molecule has 2 N–H and O–H groups in total. The van der Waals surface area contributed by atoms with Crippen LogP contribution in [-0.2, 0) is 14.3 Å². The van der Waals surface area contributed by atoms with E-state index >= 15 is 0 Å². The van der Waals surface area contributed by atoms with Gasteiger partial charge in [-0.3, -0.25) is 9.59 Å². The molecule has 0 unspecified atom stereocenters. The lowest BCUT2D eigenvalue weighted by atomic mass is 10.00. The van der Waals surface area contributed by atoms with E-state index in [2.05, 4.69) is 5.32 Å². The zero-order valence-corrected chi connectivity index (χ0v) is 12.9. The molecular weight excluding hydrogens is 274 g/mol. The summed E-state index contributed by atoms with van der Waals surface area (Å²) < 4.78 is 4.77. The molecule has 0 aliphatic heterocycles. The van der Waals surface area contributed by atoms with Crippen LogP contribution in [0.4, 0.5) is 4.79 Å². The molecule has 19 heavy (non-hydrogen) atoms. The fraction of sp³-hybridized carbons (Fsp3) is 0.750. The lowest BCUT2D eigenvalue weighted by Crippen LogP contribution is -2.35. The van der Waals surface area contributed by atoms with Gasteiger partial charge in [0.05, 0.1) is 0 Å². The van der Waals surface area contributed by atoms with E-state index in [1.165, 1.54) is 0 Å². The maximum absolute atomic E-state index is 10.8. The summed E-state index contributed by atoms with van der Waals surface area (Å²) in [5.41, 5.74) is -0.968. The molecular formula is C12H22ClNO5. The Morgan fingerprint density at radius 3 is 1.68 bits per heavy atom. The van der Waals surface area contributed by atoms with Crippen LogP contribution < -0.4 is 5.32 Å². The van der Waals surface area contributed by atoms with E-state index in [0.717, 1.165) is 0 Å². The third-order valence-corrected chi connectivity index (χ3v) is 1.94. The van der Waals surface area contributed by atoms with Crippen molar-refractivity contribution in [3.05, 3.63) is 0 Å². The van der Waals surface area contributed by atoms with Crippen molar-refractivity contribution in [3.8, 4) is 0 Å². The summed E-state index contributed by atoms with van der Waals surface area (Å²) in [4.78, 5) is 31.0. The average molecular weight is 296 g/mol. The van der Waals surface area contributed by atoms with Crippen molar-refractivity contribution in [2.45, 2.75) is 47.1 Å². The fourth-order valence-corrected chi connectivity index (χ4v) is 0.462. The summed E-state index contributed by atoms with van der Waals surface area (Å²) in [5, 5.41) is 9.98. The lowest BCUT2D eigenvalue weighted by molar-refractivity contribution is -0.136. The van der Waals surface area contributed by atoms with Gasteiger partial charge in [-0.25, -0.2) is 4.79 Å². The Morgan fingerprint density at radius 2 is 1.47 bits per heavy atom. The van der Waals surface area contributed by atoms with Gasteiger partial charge >= 0.3 is 12.1 Å². The zero-order valence-electron chi connectivity index (χ0n) is 12.2. The Bertz CT molecular complexity index is 328. The molecule has 0 atom stereocenters. The Labute approximate surface area is 118 Å². The molecule has 1 amide bonds. The molecule has 0 saturated carbocycles. The smallest absolute Gasteiger partial charge is 0.408 e. The van der Waals surface area contributed by atoms with Crippen molar-refractivity contribution in [2.24, 2.45) is 5.41 Å². The predicted molar refractivity (Wildman–Crippen MR) is 72.2 cm³/mol. The number of aliphatic carboxylic acids is 1.